The molecule has 3 nitrogen and oxygen atoms in total. The van der Waals surface area contributed by atoms with E-state index < -0.39 is 0 Å². The van der Waals surface area contributed by atoms with Gasteiger partial charge in [-0.25, -0.2) is 0 Å². The highest BCUT2D eigenvalue weighted by Crippen LogP contribution is 2.26. The summed E-state index contributed by atoms with van der Waals surface area (Å²) in [5, 5.41) is 4.50. The fourth-order valence-electron chi connectivity index (χ4n) is 2.54. The van der Waals surface area contributed by atoms with Crippen LogP contribution in [0.5, 0.6) is 0 Å². The minimum Gasteiger partial charge on any atom is -0.308 e. The molecule has 1 atom stereocenters. The largest absolute Gasteiger partial charge is 0.308 e. The quantitative estimate of drug-likeness (QED) is 0.788. The topological polar surface area (TPSA) is 37.8 Å². The molecule has 0 spiro atoms. The monoisotopic (exact) mass is 263 g/mol. The third-order valence-electron chi connectivity index (χ3n) is 3.50. The zero-order valence-corrected chi connectivity index (χ0v) is 11.7. The first-order chi connectivity index (χ1) is 9.79. The van der Waals surface area contributed by atoms with Gasteiger partial charge in [-0.1, -0.05) is 24.3 Å². The summed E-state index contributed by atoms with van der Waals surface area (Å²) in [4.78, 5) is 9.03. The highest BCUT2D eigenvalue weighted by molar-refractivity contribution is 5.82. The summed E-state index contributed by atoms with van der Waals surface area (Å²) in [6, 6.07) is 14.5. The molecular formula is C17H17N3. The van der Waals surface area contributed by atoms with Crippen molar-refractivity contribution < 1.29 is 0 Å². The molecule has 0 aliphatic heterocycles. The summed E-state index contributed by atoms with van der Waals surface area (Å²) in [6.07, 6.45) is 3.69. The lowest BCUT2D eigenvalue weighted by Gasteiger charge is -2.18. The van der Waals surface area contributed by atoms with Gasteiger partial charge in [-0.2, -0.15) is 0 Å². The lowest BCUT2D eigenvalue weighted by atomic mass is 9.99. The molecular weight excluding hydrogens is 246 g/mol. The van der Waals surface area contributed by atoms with Gasteiger partial charge in [0.2, 0.25) is 0 Å². The molecule has 1 unspecified atom stereocenters. The number of rotatable bonds is 3. The van der Waals surface area contributed by atoms with Gasteiger partial charge in [-0.3, -0.25) is 9.97 Å². The van der Waals surface area contributed by atoms with E-state index in [1.54, 1.807) is 0 Å². The highest BCUT2D eigenvalue weighted by atomic mass is 14.9. The average molecular weight is 263 g/mol. The molecule has 0 radical (unpaired) electrons. The van der Waals surface area contributed by atoms with Gasteiger partial charge < -0.3 is 5.32 Å². The molecule has 100 valence electrons. The molecule has 2 heterocycles. The molecule has 3 aromatic rings. The van der Waals surface area contributed by atoms with Gasteiger partial charge in [0.25, 0.3) is 0 Å². The summed E-state index contributed by atoms with van der Waals surface area (Å²) in [5.41, 5.74) is 4.41. The fourth-order valence-corrected chi connectivity index (χ4v) is 2.54. The Bertz CT molecular complexity index is 732. The zero-order chi connectivity index (χ0) is 13.9. The van der Waals surface area contributed by atoms with E-state index in [-0.39, 0.29) is 6.04 Å². The van der Waals surface area contributed by atoms with Crippen LogP contribution in [0.2, 0.25) is 0 Å². The highest BCUT2D eigenvalue weighted by Gasteiger charge is 2.16. The fraction of sp³-hybridized carbons (Fsp3) is 0.176. The van der Waals surface area contributed by atoms with Crippen LogP contribution in [-0.2, 0) is 0 Å². The Hall–Kier alpha value is -2.26. The van der Waals surface area contributed by atoms with Crippen molar-refractivity contribution in [3.8, 4) is 0 Å². The van der Waals surface area contributed by atoms with Crippen molar-refractivity contribution >= 4 is 10.9 Å². The van der Waals surface area contributed by atoms with Crippen LogP contribution in [-0.4, -0.2) is 17.0 Å². The predicted octanol–water partition coefficient (Wildman–Crippen LogP) is 3.25. The number of hydrogen-bond acceptors (Lipinski definition) is 3. The van der Waals surface area contributed by atoms with Crippen molar-refractivity contribution in [1.82, 2.24) is 15.3 Å². The number of nitrogens with one attached hydrogen (secondary N) is 1. The molecule has 0 aliphatic rings. The molecule has 0 amide bonds. The Labute approximate surface area is 118 Å². The number of fused-ring (bicyclic) bond motifs is 1. The Morgan fingerprint density at radius 2 is 1.85 bits per heavy atom. The van der Waals surface area contributed by atoms with Crippen molar-refractivity contribution in [1.29, 1.82) is 0 Å². The molecule has 20 heavy (non-hydrogen) atoms. The van der Waals surface area contributed by atoms with E-state index in [1.165, 1.54) is 5.56 Å². The summed E-state index contributed by atoms with van der Waals surface area (Å²) in [5.74, 6) is 0. The van der Waals surface area contributed by atoms with E-state index in [9.17, 15) is 0 Å². The molecule has 0 saturated carbocycles. The van der Waals surface area contributed by atoms with Crippen molar-refractivity contribution in [2.45, 2.75) is 13.0 Å². The average Bonchev–Trinajstić information content (AvgIpc) is 2.48. The van der Waals surface area contributed by atoms with Gasteiger partial charge in [0.15, 0.2) is 0 Å². The first-order valence-corrected chi connectivity index (χ1v) is 6.73. The van der Waals surface area contributed by atoms with Crippen LogP contribution in [0.15, 0.2) is 54.9 Å². The predicted molar refractivity (Wildman–Crippen MR) is 81.6 cm³/mol. The van der Waals surface area contributed by atoms with Crippen LogP contribution in [0.3, 0.4) is 0 Å². The summed E-state index contributed by atoms with van der Waals surface area (Å²) in [6.45, 7) is 2.08. The molecule has 3 rings (SSSR count). The van der Waals surface area contributed by atoms with E-state index in [1.807, 2.05) is 31.6 Å². The Kier molecular flexibility index (Phi) is 3.44. The van der Waals surface area contributed by atoms with Crippen molar-refractivity contribution in [2.75, 3.05) is 7.05 Å². The number of hydrogen-bond donors (Lipinski definition) is 1. The SMILES string of the molecule is CNC(c1cc(C)ccn1)c1cccc2cccnc12. The normalized spacial score (nSPS) is 12.5. The minimum absolute atomic E-state index is 0.0495. The smallest absolute Gasteiger partial charge is 0.0770 e. The molecule has 0 saturated heterocycles. The van der Waals surface area contributed by atoms with Crippen LogP contribution < -0.4 is 5.32 Å². The Morgan fingerprint density at radius 3 is 2.65 bits per heavy atom. The number of benzene rings is 1. The summed E-state index contributed by atoms with van der Waals surface area (Å²) < 4.78 is 0. The maximum absolute atomic E-state index is 4.53. The second kappa shape index (κ2) is 5.39. The van der Waals surface area contributed by atoms with Crippen LogP contribution in [0.25, 0.3) is 10.9 Å². The summed E-state index contributed by atoms with van der Waals surface area (Å²) in [7, 11) is 1.95. The summed E-state index contributed by atoms with van der Waals surface area (Å²) >= 11 is 0. The second-order valence-electron chi connectivity index (χ2n) is 4.90. The second-order valence-corrected chi connectivity index (χ2v) is 4.90. The van der Waals surface area contributed by atoms with Gasteiger partial charge in [0, 0.05) is 23.3 Å². The van der Waals surface area contributed by atoms with E-state index >= 15 is 0 Å². The van der Waals surface area contributed by atoms with Gasteiger partial charge >= 0.3 is 0 Å². The van der Waals surface area contributed by atoms with Crippen LogP contribution >= 0.6 is 0 Å². The maximum Gasteiger partial charge on any atom is 0.0770 e. The van der Waals surface area contributed by atoms with Crippen LogP contribution in [0, 0.1) is 6.92 Å². The number of nitrogens with zero attached hydrogens (tertiary/aromatic N) is 2. The van der Waals surface area contributed by atoms with Crippen molar-refractivity contribution in [3.05, 3.63) is 71.7 Å². The first-order valence-electron chi connectivity index (χ1n) is 6.73. The number of aryl methyl sites for hydroxylation is 1. The van der Waals surface area contributed by atoms with Crippen LogP contribution in [0.1, 0.15) is 22.9 Å². The molecule has 0 aliphatic carbocycles. The Balaban J connectivity index is 2.17. The lowest BCUT2D eigenvalue weighted by Crippen LogP contribution is -2.19. The maximum atomic E-state index is 4.53. The molecule has 1 N–H and O–H groups in total. The Morgan fingerprint density at radius 1 is 1.00 bits per heavy atom. The van der Waals surface area contributed by atoms with Crippen molar-refractivity contribution in [3.63, 3.8) is 0 Å². The van der Waals surface area contributed by atoms with Gasteiger partial charge in [0.1, 0.15) is 0 Å². The number of pyridine rings is 2. The van der Waals surface area contributed by atoms with Gasteiger partial charge in [-0.05, 0) is 37.7 Å². The first kappa shape index (κ1) is 12.8. The van der Waals surface area contributed by atoms with Gasteiger partial charge in [0.05, 0.1) is 17.3 Å². The minimum atomic E-state index is 0.0495. The zero-order valence-electron chi connectivity index (χ0n) is 11.7. The molecule has 1 aromatic carbocycles. The molecule has 3 heteroatoms. The molecule has 0 fully saturated rings. The molecule has 0 bridgehead atoms. The van der Waals surface area contributed by atoms with E-state index in [2.05, 4.69) is 52.5 Å². The molecule has 2 aromatic heterocycles. The van der Waals surface area contributed by atoms with Gasteiger partial charge in [-0.15, -0.1) is 0 Å². The lowest BCUT2D eigenvalue weighted by molar-refractivity contribution is 0.673. The van der Waals surface area contributed by atoms with Crippen LogP contribution in [0.4, 0.5) is 0 Å². The van der Waals surface area contributed by atoms with E-state index in [4.69, 9.17) is 0 Å². The van der Waals surface area contributed by atoms with E-state index in [0.29, 0.717) is 0 Å². The van der Waals surface area contributed by atoms with E-state index in [0.717, 1.165) is 22.2 Å². The van der Waals surface area contributed by atoms with Crippen molar-refractivity contribution in [2.24, 2.45) is 0 Å². The third kappa shape index (κ3) is 2.28. The standard InChI is InChI=1S/C17H17N3/c1-12-8-10-19-15(11-12)17(18-2)14-7-3-5-13-6-4-9-20-16(13)14/h3-11,17-18H,1-2H3. The number of aromatic nitrogens is 2. The third-order valence-corrected chi connectivity index (χ3v) is 3.50. The number of para-hydroxylation sites is 1.